The summed E-state index contributed by atoms with van der Waals surface area (Å²) in [5.74, 6) is -1.62. The molecule has 0 saturated carbocycles. The van der Waals surface area contributed by atoms with E-state index in [4.69, 9.17) is 28.7 Å². The van der Waals surface area contributed by atoms with Crippen LogP contribution in [0.4, 0.5) is 0 Å². The topological polar surface area (TPSA) is 186 Å². The summed E-state index contributed by atoms with van der Waals surface area (Å²) in [5, 5.41) is 0. The normalized spacial score (nSPS) is 13.3. The first-order chi connectivity index (χ1) is 9.38. The van der Waals surface area contributed by atoms with Gasteiger partial charge in [-0.15, -0.1) is 0 Å². The van der Waals surface area contributed by atoms with Crippen molar-refractivity contribution in [3.8, 4) is 0 Å². The van der Waals surface area contributed by atoms with Crippen molar-refractivity contribution in [2.75, 3.05) is 13.1 Å². The summed E-state index contributed by atoms with van der Waals surface area (Å²) >= 11 is 0. The van der Waals surface area contributed by atoms with Crippen LogP contribution in [0.2, 0.25) is 0 Å². The maximum atomic E-state index is 11.5. The van der Waals surface area contributed by atoms with Gasteiger partial charge >= 0.3 is 11.9 Å². The van der Waals surface area contributed by atoms with Crippen LogP contribution in [0.1, 0.15) is 25.7 Å². The Labute approximate surface area is 117 Å². The van der Waals surface area contributed by atoms with Gasteiger partial charge in [-0.25, -0.2) is 9.59 Å². The van der Waals surface area contributed by atoms with E-state index in [9.17, 15) is 9.59 Å². The van der Waals surface area contributed by atoms with Gasteiger partial charge in [0.25, 0.3) is 0 Å². The van der Waals surface area contributed by atoms with Crippen molar-refractivity contribution in [2.45, 2.75) is 37.8 Å². The summed E-state index contributed by atoms with van der Waals surface area (Å²) in [4.78, 5) is 26.7. The number of rotatable bonds is 9. The first-order valence-corrected chi connectivity index (χ1v) is 6.40. The van der Waals surface area contributed by atoms with Crippen molar-refractivity contribution < 1.29 is 14.3 Å². The molecule has 2 unspecified atom stereocenters. The summed E-state index contributed by atoms with van der Waals surface area (Å²) in [6.45, 7) is 0.770. The number of hydrogen-bond donors (Lipinski definition) is 5. The predicted octanol–water partition coefficient (Wildman–Crippen LogP) is -2.50. The van der Waals surface area contributed by atoms with Gasteiger partial charge in [-0.3, -0.25) is 4.99 Å². The molecule has 0 saturated heterocycles. The number of guanidine groups is 1. The van der Waals surface area contributed by atoms with Gasteiger partial charge in [-0.05, 0) is 32.2 Å². The van der Waals surface area contributed by atoms with Gasteiger partial charge in [0.05, 0.1) is 0 Å². The minimum absolute atomic E-state index is 0.0257. The average molecular weight is 288 g/mol. The molecule has 0 bridgehead atoms. The Kier molecular flexibility index (Phi) is 9.26. The average Bonchev–Trinajstić information content (AvgIpc) is 2.40. The van der Waals surface area contributed by atoms with E-state index in [1.165, 1.54) is 0 Å². The lowest BCUT2D eigenvalue weighted by atomic mass is 10.1. The van der Waals surface area contributed by atoms with E-state index in [1.54, 1.807) is 0 Å². The van der Waals surface area contributed by atoms with E-state index in [1.807, 2.05) is 0 Å². The molecular weight excluding hydrogens is 264 g/mol. The summed E-state index contributed by atoms with van der Waals surface area (Å²) in [5.41, 5.74) is 26.7. The fourth-order valence-electron chi connectivity index (χ4n) is 1.34. The van der Waals surface area contributed by atoms with E-state index >= 15 is 0 Å². The lowest BCUT2D eigenvalue weighted by Crippen LogP contribution is -2.39. The summed E-state index contributed by atoms with van der Waals surface area (Å²) < 4.78 is 4.60. The van der Waals surface area contributed by atoms with Crippen LogP contribution in [-0.4, -0.2) is 43.1 Å². The third kappa shape index (κ3) is 8.40. The molecule has 0 aromatic rings. The van der Waals surface area contributed by atoms with Crippen LogP contribution in [0.5, 0.6) is 0 Å². The SMILES string of the molecule is NCCCC(N)C(=O)OC(=O)C(N)CCCN=C(N)N. The standard InChI is InChI=1S/C11H24N6O3/c12-5-1-3-7(13)9(18)20-10(19)8(14)4-2-6-17-11(15)16/h7-8H,1-6,12-14H2,(H4,15,16,17). The molecule has 0 fully saturated rings. The molecule has 0 aromatic heterocycles. The zero-order chi connectivity index (χ0) is 15.5. The van der Waals surface area contributed by atoms with E-state index in [0.29, 0.717) is 38.8 Å². The third-order valence-corrected chi connectivity index (χ3v) is 2.49. The number of esters is 2. The van der Waals surface area contributed by atoms with Crippen molar-refractivity contribution in [3.05, 3.63) is 0 Å². The minimum atomic E-state index is -0.908. The highest BCUT2D eigenvalue weighted by atomic mass is 16.6. The number of ether oxygens (including phenoxy) is 1. The number of carbonyl (C=O) groups is 2. The van der Waals surface area contributed by atoms with E-state index in [-0.39, 0.29) is 5.96 Å². The quantitative estimate of drug-likeness (QED) is 0.101. The minimum Gasteiger partial charge on any atom is -0.391 e. The van der Waals surface area contributed by atoms with Gasteiger partial charge < -0.3 is 33.4 Å². The van der Waals surface area contributed by atoms with Gasteiger partial charge in [0.2, 0.25) is 0 Å². The molecule has 10 N–H and O–H groups in total. The van der Waals surface area contributed by atoms with Crippen LogP contribution >= 0.6 is 0 Å². The summed E-state index contributed by atoms with van der Waals surface area (Å²) in [6, 6.07) is -1.77. The monoisotopic (exact) mass is 288 g/mol. The van der Waals surface area contributed by atoms with E-state index in [0.717, 1.165) is 0 Å². The van der Waals surface area contributed by atoms with Crippen LogP contribution in [0.25, 0.3) is 0 Å². The fraction of sp³-hybridized carbons (Fsp3) is 0.727. The van der Waals surface area contributed by atoms with Gasteiger partial charge in [0, 0.05) is 6.54 Å². The molecule has 116 valence electrons. The molecule has 0 aliphatic heterocycles. The number of nitrogens with two attached hydrogens (primary N) is 5. The molecule has 20 heavy (non-hydrogen) atoms. The highest BCUT2D eigenvalue weighted by Gasteiger charge is 2.22. The molecule has 2 atom stereocenters. The summed E-state index contributed by atoms with van der Waals surface area (Å²) in [7, 11) is 0. The first kappa shape index (κ1) is 18.3. The second kappa shape index (κ2) is 10.1. The van der Waals surface area contributed by atoms with Crippen molar-refractivity contribution >= 4 is 17.9 Å². The number of nitrogens with zero attached hydrogens (tertiary/aromatic N) is 1. The second-order valence-electron chi connectivity index (χ2n) is 4.33. The first-order valence-electron chi connectivity index (χ1n) is 6.40. The number of aliphatic imine (C=N–C) groups is 1. The molecule has 0 rings (SSSR count). The van der Waals surface area contributed by atoms with Gasteiger partial charge in [-0.1, -0.05) is 0 Å². The van der Waals surface area contributed by atoms with Crippen LogP contribution in [-0.2, 0) is 14.3 Å². The second-order valence-corrected chi connectivity index (χ2v) is 4.33. The van der Waals surface area contributed by atoms with Crippen molar-refractivity contribution in [1.29, 1.82) is 0 Å². The van der Waals surface area contributed by atoms with E-state index < -0.39 is 24.0 Å². The van der Waals surface area contributed by atoms with Crippen LogP contribution in [0.3, 0.4) is 0 Å². The number of carbonyl (C=O) groups excluding carboxylic acids is 2. The van der Waals surface area contributed by atoms with Crippen molar-refractivity contribution in [1.82, 2.24) is 0 Å². The molecule has 0 amide bonds. The maximum Gasteiger partial charge on any atom is 0.330 e. The van der Waals surface area contributed by atoms with Gasteiger partial charge in [0.15, 0.2) is 5.96 Å². The molecule has 0 aliphatic carbocycles. The molecule has 0 aliphatic rings. The molecule has 0 radical (unpaired) electrons. The molecule has 0 heterocycles. The largest absolute Gasteiger partial charge is 0.391 e. The fourth-order valence-corrected chi connectivity index (χ4v) is 1.34. The molecule has 0 aromatic carbocycles. The zero-order valence-electron chi connectivity index (χ0n) is 11.5. The Morgan fingerprint density at radius 3 is 1.95 bits per heavy atom. The Hall–Kier alpha value is -1.71. The van der Waals surface area contributed by atoms with Crippen molar-refractivity contribution in [3.63, 3.8) is 0 Å². The Balaban J connectivity index is 4.00. The zero-order valence-corrected chi connectivity index (χ0v) is 11.5. The van der Waals surface area contributed by atoms with Gasteiger partial charge in [-0.2, -0.15) is 0 Å². The predicted molar refractivity (Wildman–Crippen MR) is 75.2 cm³/mol. The maximum absolute atomic E-state index is 11.5. The van der Waals surface area contributed by atoms with E-state index in [2.05, 4.69) is 9.73 Å². The lowest BCUT2D eigenvalue weighted by molar-refractivity contribution is -0.161. The molecule has 9 heteroatoms. The van der Waals surface area contributed by atoms with Crippen LogP contribution in [0.15, 0.2) is 4.99 Å². The highest BCUT2D eigenvalue weighted by Crippen LogP contribution is 2.01. The molecule has 9 nitrogen and oxygen atoms in total. The highest BCUT2D eigenvalue weighted by molar-refractivity contribution is 5.90. The van der Waals surface area contributed by atoms with Gasteiger partial charge in [0.1, 0.15) is 12.1 Å². The summed E-state index contributed by atoms with van der Waals surface area (Å²) in [6.07, 6.45) is 1.75. The molecule has 0 spiro atoms. The molecular formula is C11H24N6O3. The third-order valence-electron chi connectivity index (χ3n) is 2.49. The Morgan fingerprint density at radius 1 is 1.00 bits per heavy atom. The lowest BCUT2D eigenvalue weighted by Gasteiger charge is -2.13. The Bertz CT molecular complexity index is 343. The van der Waals surface area contributed by atoms with Crippen LogP contribution < -0.4 is 28.7 Å². The Morgan fingerprint density at radius 2 is 1.50 bits per heavy atom. The smallest absolute Gasteiger partial charge is 0.330 e. The number of hydrogen-bond acceptors (Lipinski definition) is 7. The van der Waals surface area contributed by atoms with Crippen LogP contribution in [0, 0.1) is 0 Å². The van der Waals surface area contributed by atoms with Crippen molar-refractivity contribution in [2.24, 2.45) is 33.7 Å².